The van der Waals surface area contributed by atoms with Gasteiger partial charge < -0.3 is 14.0 Å². The number of hydrogen-bond donors (Lipinski definition) is 0. The highest BCUT2D eigenvalue weighted by molar-refractivity contribution is 5.94. The molecule has 2 aromatic heterocycles. The minimum absolute atomic E-state index is 0.0935. The van der Waals surface area contributed by atoms with E-state index >= 15 is 0 Å². The van der Waals surface area contributed by atoms with Crippen LogP contribution in [0.4, 0.5) is 0 Å². The van der Waals surface area contributed by atoms with Crippen molar-refractivity contribution in [1.82, 2.24) is 24.0 Å². The van der Waals surface area contributed by atoms with Gasteiger partial charge in [0.15, 0.2) is 0 Å². The molecular formula is C24H25N5O. The fraction of sp³-hybridized carbons (Fsp3) is 0.292. The van der Waals surface area contributed by atoms with Crippen LogP contribution >= 0.6 is 0 Å². The molecule has 0 N–H and O–H groups in total. The largest absolute Gasteiger partial charge is 0.334 e. The molecule has 0 bridgehead atoms. The third-order valence-electron chi connectivity index (χ3n) is 5.78. The summed E-state index contributed by atoms with van der Waals surface area (Å²) < 4.78 is 4.34. The van der Waals surface area contributed by atoms with Crippen LogP contribution in [0.3, 0.4) is 0 Å². The van der Waals surface area contributed by atoms with Crippen molar-refractivity contribution in [1.29, 1.82) is 0 Å². The lowest BCUT2D eigenvalue weighted by molar-refractivity contribution is 0.0521. The molecule has 5 rings (SSSR count). The fourth-order valence-electron chi connectivity index (χ4n) is 4.16. The Morgan fingerprint density at radius 2 is 1.87 bits per heavy atom. The van der Waals surface area contributed by atoms with Crippen LogP contribution in [0.5, 0.6) is 0 Å². The van der Waals surface area contributed by atoms with Gasteiger partial charge in [0.1, 0.15) is 5.82 Å². The molecule has 30 heavy (non-hydrogen) atoms. The average Bonchev–Trinajstić information content (AvgIpc) is 3.36. The molecule has 1 amide bonds. The molecule has 1 saturated heterocycles. The molecule has 4 aromatic rings. The molecule has 0 radical (unpaired) electrons. The van der Waals surface area contributed by atoms with Crippen LogP contribution in [-0.4, -0.2) is 43.0 Å². The maximum absolute atomic E-state index is 12.9. The maximum Gasteiger partial charge on any atom is 0.253 e. The maximum atomic E-state index is 12.9. The number of para-hydroxylation sites is 2. The van der Waals surface area contributed by atoms with Gasteiger partial charge in [0.05, 0.1) is 23.4 Å². The first-order chi connectivity index (χ1) is 14.6. The van der Waals surface area contributed by atoms with E-state index in [4.69, 9.17) is 4.98 Å². The first-order valence-electron chi connectivity index (χ1n) is 10.4. The lowest BCUT2D eigenvalue weighted by Crippen LogP contribution is -2.51. The lowest BCUT2D eigenvalue weighted by Gasteiger charge is -2.41. The Kier molecular flexibility index (Phi) is 4.62. The number of benzene rings is 2. The normalized spacial score (nSPS) is 14.4. The van der Waals surface area contributed by atoms with E-state index in [2.05, 4.69) is 41.6 Å². The highest BCUT2D eigenvalue weighted by Crippen LogP contribution is 2.31. The van der Waals surface area contributed by atoms with Crippen LogP contribution in [-0.2, 0) is 6.54 Å². The summed E-state index contributed by atoms with van der Waals surface area (Å²) in [7, 11) is 0. The molecule has 0 aliphatic carbocycles. The third kappa shape index (κ3) is 3.28. The summed E-state index contributed by atoms with van der Waals surface area (Å²) in [6, 6.07) is 16.4. The highest BCUT2D eigenvalue weighted by atomic mass is 16.2. The number of fused-ring (bicyclic) bond motifs is 1. The highest BCUT2D eigenvalue weighted by Gasteiger charge is 2.35. The number of carbonyl (C=O) groups is 1. The van der Waals surface area contributed by atoms with Crippen LogP contribution in [0.1, 0.15) is 47.6 Å². The zero-order valence-corrected chi connectivity index (χ0v) is 17.3. The lowest BCUT2D eigenvalue weighted by atomic mass is 10.0. The smallest absolute Gasteiger partial charge is 0.253 e. The van der Waals surface area contributed by atoms with E-state index in [-0.39, 0.29) is 11.9 Å². The second kappa shape index (κ2) is 7.44. The molecule has 2 aromatic carbocycles. The number of amides is 1. The van der Waals surface area contributed by atoms with E-state index in [1.54, 1.807) is 12.5 Å². The van der Waals surface area contributed by atoms with Crippen LogP contribution in [0, 0.1) is 0 Å². The Hall–Kier alpha value is -3.41. The summed E-state index contributed by atoms with van der Waals surface area (Å²) in [5.41, 5.74) is 4.07. The van der Waals surface area contributed by atoms with Crippen LogP contribution in [0.2, 0.25) is 0 Å². The van der Waals surface area contributed by atoms with Gasteiger partial charge in [0.2, 0.25) is 0 Å². The second-order valence-electron chi connectivity index (χ2n) is 8.28. The van der Waals surface area contributed by atoms with Gasteiger partial charge in [-0.2, -0.15) is 0 Å². The number of imidazole rings is 2. The Morgan fingerprint density at radius 3 is 2.57 bits per heavy atom. The van der Waals surface area contributed by atoms with E-state index < -0.39 is 0 Å². The quantitative estimate of drug-likeness (QED) is 0.508. The fourth-order valence-corrected chi connectivity index (χ4v) is 4.16. The summed E-state index contributed by atoms with van der Waals surface area (Å²) in [5, 5.41) is 0. The second-order valence-corrected chi connectivity index (χ2v) is 8.28. The summed E-state index contributed by atoms with van der Waals surface area (Å²) in [5.74, 6) is 1.53. The van der Waals surface area contributed by atoms with Crippen molar-refractivity contribution in [3.63, 3.8) is 0 Å². The van der Waals surface area contributed by atoms with Crippen molar-refractivity contribution in [3.05, 3.63) is 84.2 Å². The van der Waals surface area contributed by atoms with Crippen molar-refractivity contribution in [2.75, 3.05) is 13.1 Å². The van der Waals surface area contributed by atoms with E-state index in [0.29, 0.717) is 5.92 Å². The molecule has 6 heteroatoms. The van der Waals surface area contributed by atoms with Crippen LogP contribution in [0.15, 0.2) is 67.3 Å². The van der Waals surface area contributed by atoms with Crippen LogP contribution < -0.4 is 0 Å². The molecule has 6 nitrogen and oxygen atoms in total. The van der Waals surface area contributed by atoms with Gasteiger partial charge in [-0.15, -0.1) is 0 Å². The molecule has 0 spiro atoms. The first kappa shape index (κ1) is 18.6. The van der Waals surface area contributed by atoms with Gasteiger partial charge in [-0.05, 0) is 29.8 Å². The summed E-state index contributed by atoms with van der Waals surface area (Å²) in [6.45, 7) is 6.53. The summed E-state index contributed by atoms with van der Waals surface area (Å²) in [6.07, 6.45) is 5.50. The van der Waals surface area contributed by atoms with Crippen molar-refractivity contribution in [2.45, 2.75) is 32.4 Å². The number of nitrogens with zero attached hydrogens (tertiary/aromatic N) is 5. The molecule has 0 unspecified atom stereocenters. The van der Waals surface area contributed by atoms with Gasteiger partial charge >= 0.3 is 0 Å². The Labute approximate surface area is 175 Å². The Bertz CT molecular complexity index is 1170. The molecule has 0 atom stereocenters. The minimum Gasteiger partial charge on any atom is -0.334 e. The molecule has 1 aliphatic rings. The van der Waals surface area contributed by atoms with Gasteiger partial charge in [-0.25, -0.2) is 9.97 Å². The summed E-state index contributed by atoms with van der Waals surface area (Å²) >= 11 is 0. The third-order valence-corrected chi connectivity index (χ3v) is 5.78. The number of aromatic nitrogens is 4. The Morgan fingerprint density at radius 1 is 1.10 bits per heavy atom. The number of likely N-dealkylation sites (tertiary alicyclic amines) is 1. The van der Waals surface area contributed by atoms with E-state index in [0.717, 1.165) is 47.6 Å². The average molecular weight is 399 g/mol. The predicted octanol–water partition coefficient (Wildman–Crippen LogP) is 4.10. The van der Waals surface area contributed by atoms with Gasteiger partial charge in [-0.1, -0.05) is 38.1 Å². The molecule has 1 aliphatic heterocycles. The standard InChI is InChI=1S/C24H25N5O/c1-17(2)23-26-21-5-3-4-6-22(21)29(23)20-14-28(15-20)24(30)19-9-7-18(8-10-19)13-27-12-11-25-16-27/h3-12,16-17,20H,13-15H2,1-2H3. The topological polar surface area (TPSA) is 56.0 Å². The molecular weight excluding hydrogens is 374 g/mol. The van der Waals surface area contributed by atoms with Crippen molar-refractivity contribution in [2.24, 2.45) is 0 Å². The number of hydrogen-bond acceptors (Lipinski definition) is 3. The van der Waals surface area contributed by atoms with Crippen molar-refractivity contribution < 1.29 is 4.79 Å². The van der Waals surface area contributed by atoms with Gasteiger partial charge in [-0.3, -0.25) is 4.79 Å². The molecule has 152 valence electrons. The molecule has 1 fully saturated rings. The van der Waals surface area contributed by atoms with Gasteiger partial charge in [0, 0.05) is 43.5 Å². The van der Waals surface area contributed by atoms with E-state index in [9.17, 15) is 4.79 Å². The van der Waals surface area contributed by atoms with Crippen molar-refractivity contribution >= 4 is 16.9 Å². The first-order valence-corrected chi connectivity index (χ1v) is 10.4. The zero-order chi connectivity index (χ0) is 20.7. The monoisotopic (exact) mass is 399 g/mol. The Balaban J connectivity index is 1.29. The van der Waals surface area contributed by atoms with Crippen LogP contribution in [0.25, 0.3) is 11.0 Å². The SMILES string of the molecule is CC(C)c1nc2ccccc2n1C1CN(C(=O)c2ccc(Cn3ccnc3)cc2)C1. The van der Waals surface area contributed by atoms with Gasteiger partial charge in [0.25, 0.3) is 5.91 Å². The number of carbonyl (C=O) groups excluding carboxylic acids is 1. The van der Waals surface area contributed by atoms with E-state index in [1.807, 2.05) is 46.0 Å². The van der Waals surface area contributed by atoms with E-state index in [1.165, 1.54) is 0 Å². The minimum atomic E-state index is 0.0935. The molecule has 3 heterocycles. The zero-order valence-electron chi connectivity index (χ0n) is 17.3. The summed E-state index contributed by atoms with van der Waals surface area (Å²) in [4.78, 5) is 23.8. The number of rotatable bonds is 5. The van der Waals surface area contributed by atoms with Crippen molar-refractivity contribution in [3.8, 4) is 0 Å². The molecule has 0 saturated carbocycles. The predicted molar refractivity (Wildman–Crippen MR) is 117 cm³/mol.